The van der Waals surface area contributed by atoms with Crippen LogP contribution in [0.5, 0.6) is 5.75 Å². The van der Waals surface area contributed by atoms with Crippen LogP contribution in [0.15, 0.2) is 18.2 Å². The summed E-state index contributed by atoms with van der Waals surface area (Å²) in [6, 6.07) is 5.36. The maximum absolute atomic E-state index is 12.2. The summed E-state index contributed by atoms with van der Waals surface area (Å²) in [5.74, 6) is 0.990. The summed E-state index contributed by atoms with van der Waals surface area (Å²) in [6.45, 7) is 0.308. The number of carbonyl (C=O) groups excluding carboxylic acids is 1. The highest BCUT2D eigenvalue weighted by Crippen LogP contribution is 2.44. The first-order chi connectivity index (χ1) is 11.5. The standard InChI is InChI=1S/C17H23NO5S/c1-22-14-7-8-16-15(10-14)13(11-18(16)24(20,21)23-2)9-12-5-3-4-6-17(12)19/h7-8,10,12-13H,3-6,9,11H2,1-2H3. The van der Waals surface area contributed by atoms with E-state index >= 15 is 0 Å². The zero-order chi connectivity index (χ0) is 17.3. The van der Waals surface area contributed by atoms with Crippen molar-refractivity contribution in [3.05, 3.63) is 23.8 Å². The third-order valence-electron chi connectivity index (χ3n) is 5.06. The molecule has 1 heterocycles. The van der Waals surface area contributed by atoms with E-state index in [-0.39, 0.29) is 11.8 Å². The van der Waals surface area contributed by atoms with Gasteiger partial charge in [-0.3, -0.25) is 8.98 Å². The third kappa shape index (κ3) is 3.15. The average molecular weight is 353 g/mol. The second-order valence-corrected chi connectivity index (χ2v) is 8.05. The highest BCUT2D eigenvalue weighted by molar-refractivity contribution is 7.88. The lowest BCUT2D eigenvalue weighted by Gasteiger charge is -2.24. The van der Waals surface area contributed by atoms with E-state index in [4.69, 9.17) is 8.92 Å². The van der Waals surface area contributed by atoms with Crippen molar-refractivity contribution in [1.29, 1.82) is 0 Å². The molecule has 0 bridgehead atoms. The summed E-state index contributed by atoms with van der Waals surface area (Å²) in [6.07, 6.45) is 4.24. The summed E-state index contributed by atoms with van der Waals surface area (Å²) >= 11 is 0. The topological polar surface area (TPSA) is 72.9 Å². The minimum Gasteiger partial charge on any atom is -0.497 e. The first kappa shape index (κ1) is 17.2. The minimum atomic E-state index is -3.81. The lowest BCUT2D eigenvalue weighted by Crippen LogP contribution is -2.31. The van der Waals surface area contributed by atoms with Gasteiger partial charge in [-0.25, -0.2) is 4.31 Å². The normalized spacial score (nSPS) is 24.1. The molecule has 0 aromatic heterocycles. The number of rotatable bonds is 5. The fourth-order valence-corrected chi connectivity index (χ4v) is 4.71. The molecule has 0 N–H and O–H groups in total. The van der Waals surface area contributed by atoms with Crippen molar-refractivity contribution < 1.29 is 22.1 Å². The maximum atomic E-state index is 12.2. The fraction of sp³-hybridized carbons (Fsp3) is 0.588. The molecular formula is C17H23NO5S. The fourth-order valence-electron chi connectivity index (χ4n) is 3.76. The van der Waals surface area contributed by atoms with Gasteiger partial charge in [0.1, 0.15) is 11.5 Å². The molecule has 1 aliphatic carbocycles. The molecule has 1 aliphatic heterocycles. The quantitative estimate of drug-likeness (QED) is 0.814. The van der Waals surface area contributed by atoms with Crippen molar-refractivity contribution in [2.75, 3.05) is 25.1 Å². The first-order valence-corrected chi connectivity index (χ1v) is 9.61. The molecule has 6 nitrogen and oxygen atoms in total. The Balaban J connectivity index is 1.92. The molecule has 2 unspecified atom stereocenters. The lowest BCUT2D eigenvalue weighted by atomic mass is 9.80. The van der Waals surface area contributed by atoms with Crippen molar-refractivity contribution in [3.63, 3.8) is 0 Å². The van der Waals surface area contributed by atoms with Gasteiger partial charge in [0.2, 0.25) is 0 Å². The predicted molar refractivity (Wildman–Crippen MR) is 90.6 cm³/mol. The second-order valence-electron chi connectivity index (χ2n) is 6.42. The van der Waals surface area contributed by atoms with E-state index in [1.54, 1.807) is 19.2 Å². The van der Waals surface area contributed by atoms with E-state index in [0.29, 0.717) is 36.6 Å². The largest absolute Gasteiger partial charge is 0.497 e. The molecule has 2 aliphatic rings. The molecule has 2 atom stereocenters. The molecule has 7 heteroatoms. The molecule has 0 spiro atoms. The van der Waals surface area contributed by atoms with Crippen molar-refractivity contribution in [1.82, 2.24) is 0 Å². The summed E-state index contributed by atoms with van der Waals surface area (Å²) in [7, 11) is -1.06. The van der Waals surface area contributed by atoms with E-state index in [2.05, 4.69) is 0 Å². The van der Waals surface area contributed by atoms with Gasteiger partial charge in [0.15, 0.2) is 0 Å². The number of hydrogen-bond donors (Lipinski definition) is 0. The van der Waals surface area contributed by atoms with Crippen LogP contribution in [0.3, 0.4) is 0 Å². The number of ether oxygens (including phenoxy) is 1. The maximum Gasteiger partial charge on any atom is 0.362 e. The van der Waals surface area contributed by atoms with Gasteiger partial charge in [-0.1, -0.05) is 6.42 Å². The molecule has 3 rings (SSSR count). The van der Waals surface area contributed by atoms with Crippen LogP contribution in [-0.2, 0) is 19.3 Å². The van der Waals surface area contributed by atoms with Gasteiger partial charge in [0.05, 0.1) is 19.9 Å². The zero-order valence-electron chi connectivity index (χ0n) is 14.0. The highest BCUT2D eigenvalue weighted by atomic mass is 32.2. The van der Waals surface area contributed by atoms with Crippen LogP contribution in [0.4, 0.5) is 5.69 Å². The molecule has 1 aromatic rings. The van der Waals surface area contributed by atoms with Crippen LogP contribution < -0.4 is 9.04 Å². The van der Waals surface area contributed by atoms with Crippen molar-refractivity contribution in [2.24, 2.45) is 5.92 Å². The number of ketones is 1. The molecule has 24 heavy (non-hydrogen) atoms. The van der Waals surface area contributed by atoms with Gasteiger partial charge >= 0.3 is 10.3 Å². The number of anilines is 1. The van der Waals surface area contributed by atoms with Gasteiger partial charge < -0.3 is 4.74 Å². The number of hydrogen-bond acceptors (Lipinski definition) is 5. The van der Waals surface area contributed by atoms with Gasteiger partial charge in [0, 0.05) is 24.8 Å². The average Bonchev–Trinajstić information content (AvgIpc) is 2.95. The lowest BCUT2D eigenvalue weighted by molar-refractivity contribution is -0.124. The second kappa shape index (κ2) is 6.72. The van der Waals surface area contributed by atoms with Crippen LogP contribution in [0.2, 0.25) is 0 Å². The summed E-state index contributed by atoms with van der Waals surface area (Å²) in [4.78, 5) is 12.2. The van der Waals surface area contributed by atoms with E-state index in [1.165, 1.54) is 4.31 Å². The minimum absolute atomic E-state index is 0.0212. The number of benzene rings is 1. The van der Waals surface area contributed by atoms with E-state index in [0.717, 1.165) is 31.9 Å². The van der Waals surface area contributed by atoms with Crippen LogP contribution in [0.1, 0.15) is 43.6 Å². The van der Waals surface area contributed by atoms with Gasteiger partial charge in [0.25, 0.3) is 0 Å². The Morgan fingerprint density at radius 1 is 1.21 bits per heavy atom. The molecule has 132 valence electrons. The number of carbonyl (C=O) groups is 1. The monoisotopic (exact) mass is 353 g/mol. The molecule has 0 saturated heterocycles. The van der Waals surface area contributed by atoms with Gasteiger partial charge in [-0.15, -0.1) is 0 Å². The highest BCUT2D eigenvalue weighted by Gasteiger charge is 2.38. The Hall–Kier alpha value is -1.60. The van der Waals surface area contributed by atoms with Crippen LogP contribution in [0.25, 0.3) is 0 Å². The molecule has 1 aromatic carbocycles. The Morgan fingerprint density at radius 2 is 2.00 bits per heavy atom. The summed E-state index contributed by atoms with van der Waals surface area (Å²) in [5, 5.41) is 0. The van der Waals surface area contributed by atoms with Crippen LogP contribution >= 0.6 is 0 Å². The van der Waals surface area contributed by atoms with E-state index in [1.807, 2.05) is 6.07 Å². The van der Waals surface area contributed by atoms with Crippen LogP contribution in [0, 0.1) is 5.92 Å². The number of methoxy groups -OCH3 is 1. The van der Waals surface area contributed by atoms with Crippen molar-refractivity contribution >= 4 is 21.8 Å². The number of Topliss-reactive ketones (excluding diaryl/α,β-unsaturated/α-hetero) is 1. The Labute approximate surface area is 143 Å². The summed E-state index contributed by atoms with van der Waals surface area (Å²) in [5.41, 5.74) is 1.53. The van der Waals surface area contributed by atoms with Gasteiger partial charge in [-0.2, -0.15) is 8.42 Å². The smallest absolute Gasteiger partial charge is 0.362 e. The molecule has 1 fully saturated rings. The Morgan fingerprint density at radius 3 is 2.67 bits per heavy atom. The van der Waals surface area contributed by atoms with Crippen molar-refractivity contribution in [3.8, 4) is 5.75 Å². The molecule has 1 saturated carbocycles. The molecule has 0 radical (unpaired) electrons. The van der Waals surface area contributed by atoms with Gasteiger partial charge in [-0.05, 0) is 43.0 Å². The first-order valence-electron chi connectivity index (χ1n) is 8.25. The zero-order valence-corrected chi connectivity index (χ0v) is 14.8. The number of nitrogens with zero attached hydrogens (tertiary/aromatic N) is 1. The third-order valence-corrected chi connectivity index (χ3v) is 6.37. The van der Waals surface area contributed by atoms with E-state index in [9.17, 15) is 13.2 Å². The van der Waals surface area contributed by atoms with Crippen molar-refractivity contribution in [2.45, 2.75) is 38.0 Å². The number of fused-ring (bicyclic) bond motifs is 1. The van der Waals surface area contributed by atoms with Crippen LogP contribution in [-0.4, -0.2) is 35.0 Å². The molecule has 0 amide bonds. The molecular weight excluding hydrogens is 330 g/mol. The summed E-state index contributed by atoms with van der Waals surface area (Å²) < 4.78 is 35.7. The SMILES string of the molecule is COc1ccc2c(c1)C(CC1CCCCC1=O)CN2S(=O)(=O)OC. The Bertz CT molecular complexity index is 730. The predicted octanol–water partition coefficient (Wildman–Crippen LogP) is 2.64. The Kier molecular flexibility index (Phi) is 4.83. The van der Waals surface area contributed by atoms with E-state index < -0.39 is 10.3 Å².